The molecule has 360 valence electrons. The molecule has 0 saturated carbocycles. The van der Waals surface area contributed by atoms with Gasteiger partial charge in [-0.3, -0.25) is 67.1 Å². The van der Waals surface area contributed by atoms with Gasteiger partial charge in [0, 0.05) is 19.3 Å². The molecule has 9 amide bonds. The number of aliphatic carboxylic acids is 6. The summed E-state index contributed by atoms with van der Waals surface area (Å²) in [6, 6.07) is -15.7. The van der Waals surface area contributed by atoms with E-state index in [0.717, 1.165) is 0 Å². The third-order valence-electron chi connectivity index (χ3n) is 8.74. The lowest BCUT2D eigenvalue weighted by atomic mass is 10.1. The van der Waals surface area contributed by atoms with Gasteiger partial charge in [-0.2, -0.15) is 0 Å². The number of aliphatic hydroxyl groups is 1. The van der Waals surface area contributed by atoms with E-state index < -0.39 is 195 Å². The second kappa shape index (κ2) is 26.5. The summed E-state index contributed by atoms with van der Waals surface area (Å²) in [7, 11) is 0. The highest BCUT2D eigenvalue weighted by molar-refractivity contribution is 6.00. The fraction of sp³-hybridized carbons (Fsp3) is 0.559. The highest BCUT2D eigenvalue weighted by Crippen LogP contribution is 2.09. The topological polar surface area (TPSA) is 520 Å². The molecule has 0 unspecified atom stereocenters. The van der Waals surface area contributed by atoms with Gasteiger partial charge in [0.1, 0.15) is 48.3 Å². The second-order valence-corrected chi connectivity index (χ2v) is 13.9. The number of carbonyl (C=O) groups is 15. The van der Waals surface area contributed by atoms with Crippen molar-refractivity contribution in [3.63, 3.8) is 0 Å². The van der Waals surface area contributed by atoms with Crippen LogP contribution in [0.25, 0.3) is 0 Å². The van der Waals surface area contributed by atoms with Gasteiger partial charge in [-0.1, -0.05) is 0 Å². The molecular weight excluding hydrogens is 886 g/mol. The molecule has 31 nitrogen and oxygen atoms in total. The van der Waals surface area contributed by atoms with E-state index in [1.807, 2.05) is 31.9 Å². The Hall–Kier alpha value is -7.99. The van der Waals surface area contributed by atoms with Crippen molar-refractivity contribution < 1.29 is 108 Å². The van der Waals surface area contributed by atoms with E-state index in [-0.39, 0.29) is 12.8 Å². The maximum atomic E-state index is 13.4. The van der Waals surface area contributed by atoms with Crippen LogP contribution in [0.1, 0.15) is 64.2 Å². The van der Waals surface area contributed by atoms with Crippen molar-refractivity contribution in [3.8, 4) is 0 Å². The highest BCUT2D eigenvalue weighted by atomic mass is 16.4. The van der Waals surface area contributed by atoms with E-state index in [4.69, 9.17) is 10.8 Å². The van der Waals surface area contributed by atoms with Crippen molar-refractivity contribution in [2.24, 2.45) is 5.73 Å². The van der Waals surface area contributed by atoms with Gasteiger partial charge in [-0.25, -0.2) is 4.79 Å². The maximum Gasteiger partial charge on any atom is 0.326 e. The van der Waals surface area contributed by atoms with Gasteiger partial charge in [-0.05, 0) is 19.3 Å². The quantitative estimate of drug-likeness (QED) is 0.0318. The van der Waals surface area contributed by atoms with Gasteiger partial charge < -0.3 is 84.0 Å². The number of primary amides is 1. The summed E-state index contributed by atoms with van der Waals surface area (Å²) >= 11 is 0. The second-order valence-electron chi connectivity index (χ2n) is 13.9. The Kier molecular flexibility index (Phi) is 22.4. The van der Waals surface area contributed by atoms with Crippen molar-refractivity contribution in [3.05, 3.63) is 0 Å². The molecule has 31 heteroatoms. The van der Waals surface area contributed by atoms with E-state index in [0.29, 0.717) is 0 Å². The van der Waals surface area contributed by atoms with Crippen LogP contribution in [0.2, 0.25) is 0 Å². The standard InChI is InChI=1S/C34H47N9O22/c35-20(45)7-18(34(64)65)42-29(59)14(3-6-23(49)50)37-28(58)13(2-5-22(47)48)38-30(60)15(8-24(51)52)41-33(63)19(11-44)43-32(62)17(10-26(55)56)40-31(61)16(9-25(53)54)39-27(57)12-1-4-21(46)36-12/h12-19,44H,1-11H2,(H2,35,45)(H,36,46)(H,37,58)(H,38,60)(H,39,57)(H,40,61)(H,41,63)(H,42,59)(H,43,62)(H,47,48)(H,49,50)(H,51,52)(H,53,54)(H,55,56)(H,64,65)/t12-,13-,14-,15-,16-,17-,18-,19-/m0/s1. The normalized spacial score (nSPS) is 16.1. The van der Waals surface area contributed by atoms with Crippen LogP contribution in [0.5, 0.6) is 0 Å². The van der Waals surface area contributed by atoms with Gasteiger partial charge in [0.2, 0.25) is 53.2 Å². The van der Waals surface area contributed by atoms with Crippen LogP contribution in [0.4, 0.5) is 0 Å². The minimum atomic E-state index is -2.25. The monoisotopic (exact) mass is 933 g/mol. The van der Waals surface area contributed by atoms with Crippen molar-refractivity contribution in [2.75, 3.05) is 6.61 Å². The lowest BCUT2D eigenvalue weighted by Gasteiger charge is -2.26. The van der Waals surface area contributed by atoms with Gasteiger partial charge >= 0.3 is 35.8 Å². The SMILES string of the molecule is NC(=O)C[C@H](NC(=O)[C@H](CCC(=O)O)NC(=O)[C@H](CCC(=O)O)NC(=O)[C@H](CC(=O)O)NC(=O)[C@H](CO)NC(=O)[C@H](CC(=O)O)NC(=O)[C@H](CC(=O)O)NC(=O)[C@@H]1CCC(=O)N1)C(=O)O. The maximum absolute atomic E-state index is 13.4. The van der Waals surface area contributed by atoms with Crippen molar-refractivity contribution in [1.82, 2.24) is 42.5 Å². The van der Waals surface area contributed by atoms with E-state index in [1.165, 1.54) is 0 Å². The number of hydrogen-bond acceptors (Lipinski definition) is 16. The zero-order chi connectivity index (χ0) is 49.7. The molecule has 0 aromatic carbocycles. The first-order valence-electron chi connectivity index (χ1n) is 18.9. The molecule has 1 saturated heterocycles. The molecule has 0 aromatic heterocycles. The number of nitrogens with one attached hydrogen (secondary N) is 8. The van der Waals surface area contributed by atoms with Crippen LogP contribution >= 0.6 is 0 Å². The first-order chi connectivity index (χ1) is 30.2. The van der Waals surface area contributed by atoms with E-state index in [1.54, 1.807) is 0 Å². The average Bonchev–Trinajstić information content (AvgIpc) is 3.63. The summed E-state index contributed by atoms with van der Waals surface area (Å²) in [6.45, 7) is -1.37. The molecule has 1 fully saturated rings. The molecule has 1 aliphatic heterocycles. The lowest BCUT2D eigenvalue weighted by Crippen LogP contribution is -2.61. The first kappa shape index (κ1) is 55.0. The number of amides is 9. The molecule has 0 radical (unpaired) electrons. The molecule has 65 heavy (non-hydrogen) atoms. The first-order valence-corrected chi connectivity index (χ1v) is 18.9. The number of nitrogens with two attached hydrogens (primary N) is 1. The minimum Gasteiger partial charge on any atom is -0.481 e. The zero-order valence-electron chi connectivity index (χ0n) is 33.7. The molecular formula is C34H47N9O22. The zero-order valence-corrected chi connectivity index (χ0v) is 33.7. The molecule has 0 aromatic rings. The fourth-order valence-corrected chi connectivity index (χ4v) is 5.54. The molecule has 8 atom stereocenters. The van der Waals surface area contributed by atoms with Gasteiger partial charge in [0.05, 0.1) is 32.3 Å². The Morgan fingerprint density at radius 3 is 1.15 bits per heavy atom. The predicted octanol–water partition coefficient (Wildman–Crippen LogP) is -8.24. The summed E-state index contributed by atoms with van der Waals surface area (Å²) in [5.74, 6) is -21.7. The number of carbonyl (C=O) groups excluding carboxylic acids is 9. The van der Waals surface area contributed by atoms with E-state index >= 15 is 0 Å². The van der Waals surface area contributed by atoms with Gasteiger partial charge in [-0.15, -0.1) is 0 Å². The summed E-state index contributed by atoms with van der Waals surface area (Å²) in [6.07, 6.45) is -8.07. The number of carboxylic acids is 6. The molecule has 17 N–H and O–H groups in total. The van der Waals surface area contributed by atoms with Crippen molar-refractivity contribution in [1.29, 1.82) is 0 Å². The Morgan fingerprint density at radius 2 is 0.831 bits per heavy atom. The summed E-state index contributed by atoms with van der Waals surface area (Å²) in [5, 5.41) is 81.5. The van der Waals surface area contributed by atoms with Crippen LogP contribution in [-0.4, -0.2) is 180 Å². The summed E-state index contributed by atoms with van der Waals surface area (Å²) in [4.78, 5) is 184. The largest absolute Gasteiger partial charge is 0.481 e. The number of rotatable bonds is 30. The highest BCUT2D eigenvalue weighted by Gasteiger charge is 2.37. The smallest absolute Gasteiger partial charge is 0.326 e. The average molecular weight is 934 g/mol. The van der Waals surface area contributed by atoms with Crippen LogP contribution in [0.15, 0.2) is 0 Å². The summed E-state index contributed by atoms with van der Waals surface area (Å²) < 4.78 is 0. The molecule has 0 aliphatic carbocycles. The van der Waals surface area contributed by atoms with Crippen LogP contribution < -0.4 is 48.3 Å². The third-order valence-corrected chi connectivity index (χ3v) is 8.74. The lowest BCUT2D eigenvalue weighted by molar-refractivity contribution is -0.144. The van der Waals surface area contributed by atoms with Crippen LogP contribution in [0, 0.1) is 0 Å². The number of aliphatic hydroxyl groups excluding tert-OH is 1. The van der Waals surface area contributed by atoms with E-state index in [2.05, 4.69) is 10.6 Å². The Morgan fingerprint density at radius 1 is 0.492 bits per heavy atom. The fourth-order valence-electron chi connectivity index (χ4n) is 5.54. The van der Waals surface area contributed by atoms with Crippen molar-refractivity contribution in [2.45, 2.75) is 113 Å². The third kappa shape index (κ3) is 20.6. The van der Waals surface area contributed by atoms with Crippen molar-refractivity contribution >= 4 is 89.0 Å². The molecule has 1 heterocycles. The number of hydrogen-bond donors (Lipinski definition) is 16. The predicted molar refractivity (Wildman–Crippen MR) is 204 cm³/mol. The van der Waals surface area contributed by atoms with Crippen LogP contribution in [-0.2, 0) is 71.9 Å². The Bertz CT molecular complexity index is 1910. The number of carboxylic acid groups (broad SMARTS) is 6. The summed E-state index contributed by atoms with van der Waals surface area (Å²) in [5.41, 5.74) is 4.98. The Labute approximate surface area is 363 Å². The molecule has 1 rings (SSSR count). The van der Waals surface area contributed by atoms with Gasteiger partial charge in [0.15, 0.2) is 0 Å². The molecule has 1 aliphatic rings. The molecule has 0 spiro atoms. The molecule has 0 bridgehead atoms. The minimum absolute atomic E-state index is 0.0211. The van der Waals surface area contributed by atoms with Crippen LogP contribution in [0.3, 0.4) is 0 Å². The Balaban J connectivity index is 3.33. The van der Waals surface area contributed by atoms with E-state index in [9.17, 15) is 103 Å². The van der Waals surface area contributed by atoms with Gasteiger partial charge in [0.25, 0.3) is 0 Å².